The Kier molecular flexibility index (Phi) is 6.20. The summed E-state index contributed by atoms with van der Waals surface area (Å²) >= 11 is 7.13. The highest BCUT2D eigenvalue weighted by Crippen LogP contribution is 2.25. The molecule has 2 N–H and O–H groups in total. The second kappa shape index (κ2) is 9.02. The molecule has 0 aliphatic carbocycles. The Bertz CT molecular complexity index is 1040. The molecular weight excluding hydrogens is 420 g/mol. The quantitative estimate of drug-likeness (QED) is 0.411. The Morgan fingerprint density at radius 3 is 2.60 bits per heavy atom. The lowest BCUT2D eigenvalue weighted by atomic mass is 10.1. The van der Waals surface area contributed by atoms with Gasteiger partial charge in [-0.15, -0.1) is 11.3 Å². The molecule has 1 aliphatic heterocycles. The van der Waals surface area contributed by atoms with Crippen LogP contribution in [0.15, 0.2) is 47.0 Å². The smallest absolute Gasteiger partial charge is 0.261 e. The van der Waals surface area contributed by atoms with E-state index < -0.39 is 0 Å². The highest BCUT2D eigenvalue weighted by atomic mass is 35.5. The second-order valence-electron chi connectivity index (χ2n) is 7.39. The zero-order chi connectivity index (χ0) is 21.1. The fourth-order valence-electron chi connectivity index (χ4n) is 3.50. The van der Waals surface area contributed by atoms with Gasteiger partial charge in [-0.05, 0) is 38.3 Å². The molecule has 3 heterocycles. The van der Waals surface area contributed by atoms with E-state index in [1.54, 1.807) is 12.1 Å². The molecule has 1 aromatic carbocycles. The van der Waals surface area contributed by atoms with Crippen LogP contribution in [0.2, 0.25) is 4.34 Å². The Balaban J connectivity index is 1.41. The van der Waals surface area contributed by atoms with E-state index in [4.69, 9.17) is 21.5 Å². The van der Waals surface area contributed by atoms with Crippen molar-refractivity contribution in [3.63, 3.8) is 0 Å². The Hall–Kier alpha value is -2.64. The summed E-state index contributed by atoms with van der Waals surface area (Å²) in [5.41, 5.74) is 2.50. The lowest BCUT2D eigenvalue weighted by Gasteiger charge is -2.29. The second-order valence-corrected chi connectivity index (χ2v) is 9.10. The molecule has 156 valence electrons. The highest BCUT2D eigenvalue weighted by Gasteiger charge is 2.18. The summed E-state index contributed by atoms with van der Waals surface area (Å²) in [5.74, 6) is 0.955. The average molecular weight is 443 g/mol. The monoisotopic (exact) mass is 442 g/mol. The SMILES string of the molecule is C[C@@H](NC(=O)c1ccc(Cl)s1)c1cc(-c2ccc(C(=N)N3CCCCC3)cc2)no1. The van der Waals surface area contributed by atoms with Crippen molar-refractivity contribution < 1.29 is 9.32 Å². The van der Waals surface area contributed by atoms with Gasteiger partial charge < -0.3 is 14.7 Å². The van der Waals surface area contributed by atoms with Gasteiger partial charge in [-0.3, -0.25) is 10.2 Å². The molecule has 1 atom stereocenters. The van der Waals surface area contributed by atoms with Gasteiger partial charge in [0, 0.05) is 30.3 Å². The number of nitrogens with one attached hydrogen (secondary N) is 2. The number of amidine groups is 1. The summed E-state index contributed by atoms with van der Waals surface area (Å²) in [6.45, 7) is 3.75. The van der Waals surface area contributed by atoms with Crippen molar-refractivity contribution >= 4 is 34.7 Å². The molecule has 1 aliphatic rings. The highest BCUT2D eigenvalue weighted by molar-refractivity contribution is 7.18. The average Bonchev–Trinajstić information content (AvgIpc) is 3.43. The van der Waals surface area contributed by atoms with Crippen molar-refractivity contribution in [2.24, 2.45) is 0 Å². The fourth-order valence-corrected chi connectivity index (χ4v) is 4.45. The normalized spacial score (nSPS) is 15.1. The first-order chi connectivity index (χ1) is 14.5. The Labute approximate surface area is 184 Å². The van der Waals surface area contributed by atoms with Crippen molar-refractivity contribution in [3.05, 3.63) is 63.0 Å². The first-order valence-electron chi connectivity index (χ1n) is 9.98. The number of benzene rings is 1. The zero-order valence-corrected chi connectivity index (χ0v) is 18.2. The summed E-state index contributed by atoms with van der Waals surface area (Å²) in [5, 5.41) is 15.5. The first-order valence-corrected chi connectivity index (χ1v) is 11.2. The van der Waals surface area contributed by atoms with Gasteiger partial charge in [0.2, 0.25) is 0 Å². The van der Waals surface area contributed by atoms with Crippen LogP contribution < -0.4 is 5.32 Å². The molecule has 0 saturated carbocycles. The third-order valence-electron chi connectivity index (χ3n) is 5.23. The number of nitrogens with zero attached hydrogens (tertiary/aromatic N) is 2. The van der Waals surface area contributed by atoms with Gasteiger partial charge >= 0.3 is 0 Å². The van der Waals surface area contributed by atoms with Gasteiger partial charge in [-0.25, -0.2) is 0 Å². The Morgan fingerprint density at radius 1 is 1.20 bits per heavy atom. The van der Waals surface area contributed by atoms with Crippen molar-refractivity contribution in [3.8, 4) is 11.3 Å². The maximum absolute atomic E-state index is 12.3. The largest absolute Gasteiger partial charge is 0.359 e. The molecule has 1 amide bonds. The van der Waals surface area contributed by atoms with Crippen LogP contribution in [-0.2, 0) is 0 Å². The van der Waals surface area contributed by atoms with Crippen molar-refractivity contribution in [1.29, 1.82) is 5.41 Å². The molecular formula is C22H23ClN4O2S. The van der Waals surface area contributed by atoms with Crippen LogP contribution in [0, 0.1) is 5.41 Å². The van der Waals surface area contributed by atoms with E-state index in [0.29, 0.717) is 26.5 Å². The van der Waals surface area contributed by atoms with Gasteiger partial charge in [0.25, 0.3) is 5.91 Å². The minimum Gasteiger partial charge on any atom is -0.359 e. The summed E-state index contributed by atoms with van der Waals surface area (Å²) in [4.78, 5) is 15.0. The number of amides is 1. The third kappa shape index (κ3) is 4.57. The molecule has 1 fully saturated rings. The molecule has 0 radical (unpaired) electrons. The number of hydrogen-bond acceptors (Lipinski definition) is 5. The van der Waals surface area contributed by atoms with Crippen LogP contribution in [-0.4, -0.2) is 34.9 Å². The Morgan fingerprint density at radius 2 is 1.93 bits per heavy atom. The van der Waals surface area contributed by atoms with E-state index >= 15 is 0 Å². The number of piperidine rings is 1. The van der Waals surface area contributed by atoms with Crippen LogP contribution in [0.4, 0.5) is 0 Å². The number of aromatic nitrogens is 1. The number of carbonyl (C=O) groups is 1. The van der Waals surface area contributed by atoms with Gasteiger partial charge in [0.05, 0.1) is 15.3 Å². The molecule has 3 aromatic rings. The van der Waals surface area contributed by atoms with Crippen LogP contribution in [0.5, 0.6) is 0 Å². The first kappa shape index (κ1) is 20.6. The van der Waals surface area contributed by atoms with E-state index in [1.807, 2.05) is 37.3 Å². The molecule has 1 saturated heterocycles. The predicted octanol–water partition coefficient (Wildman–Crippen LogP) is 5.36. The minimum atomic E-state index is -0.328. The van der Waals surface area contributed by atoms with Gasteiger partial charge in [-0.2, -0.15) is 0 Å². The summed E-state index contributed by atoms with van der Waals surface area (Å²) < 4.78 is 6.03. The van der Waals surface area contributed by atoms with Crippen LogP contribution in [0.3, 0.4) is 0 Å². The van der Waals surface area contributed by atoms with Crippen LogP contribution in [0.25, 0.3) is 11.3 Å². The minimum absolute atomic E-state index is 0.196. The molecule has 0 spiro atoms. The van der Waals surface area contributed by atoms with E-state index in [-0.39, 0.29) is 11.9 Å². The number of thiophene rings is 1. The molecule has 8 heteroatoms. The van der Waals surface area contributed by atoms with Gasteiger partial charge in [-0.1, -0.05) is 41.0 Å². The van der Waals surface area contributed by atoms with Crippen LogP contribution >= 0.6 is 22.9 Å². The number of rotatable bonds is 5. The molecule has 2 aromatic heterocycles. The van der Waals surface area contributed by atoms with Gasteiger partial charge in [0.1, 0.15) is 11.5 Å². The van der Waals surface area contributed by atoms with E-state index in [1.165, 1.54) is 17.8 Å². The number of halogens is 1. The zero-order valence-electron chi connectivity index (χ0n) is 16.7. The maximum atomic E-state index is 12.3. The van der Waals surface area contributed by atoms with E-state index in [9.17, 15) is 4.79 Å². The lowest BCUT2D eigenvalue weighted by Crippen LogP contribution is -2.35. The summed E-state index contributed by atoms with van der Waals surface area (Å²) in [6.07, 6.45) is 3.55. The summed E-state index contributed by atoms with van der Waals surface area (Å²) in [6, 6.07) is 12.7. The molecule has 30 heavy (non-hydrogen) atoms. The van der Waals surface area contributed by atoms with Gasteiger partial charge in [0.15, 0.2) is 5.76 Å². The van der Waals surface area contributed by atoms with Crippen LogP contribution in [0.1, 0.15) is 53.2 Å². The van der Waals surface area contributed by atoms with E-state index in [0.717, 1.165) is 37.1 Å². The number of likely N-dealkylation sites (tertiary alicyclic amines) is 1. The van der Waals surface area contributed by atoms with E-state index in [2.05, 4.69) is 15.4 Å². The predicted molar refractivity (Wildman–Crippen MR) is 119 cm³/mol. The molecule has 0 unspecified atom stereocenters. The number of hydrogen-bond donors (Lipinski definition) is 2. The fraction of sp³-hybridized carbons (Fsp3) is 0.318. The topological polar surface area (TPSA) is 82.2 Å². The molecule has 4 rings (SSSR count). The molecule has 6 nitrogen and oxygen atoms in total. The molecule has 0 bridgehead atoms. The summed E-state index contributed by atoms with van der Waals surface area (Å²) in [7, 11) is 0. The van der Waals surface area contributed by atoms with Crippen molar-refractivity contribution in [2.45, 2.75) is 32.2 Å². The standard InChI is InChI=1S/C22H23ClN4O2S/c1-14(25-22(28)19-9-10-20(23)30-19)18-13-17(26-29-18)15-5-7-16(8-6-15)21(24)27-11-3-2-4-12-27/h5-10,13-14,24H,2-4,11-12H2,1H3,(H,25,28)/t14-/m1/s1. The maximum Gasteiger partial charge on any atom is 0.261 e. The van der Waals surface area contributed by atoms with Crippen molar-refractivity contribution in [1.82, 2.24) is 15.4 Å². The number of carbonyl (C=O) groups excluding carboxylic acids is 1. The lowest BCUT2D eigenvalue weighted by molar-refractivity contribution is 0.0938. The third-order valence-corrected chi connectivity index (χ3v) is 6.46. The van der Waals surface area contributed by atoms with Crippen molar-refractivity contribution in [2.75, 3.05) is 13.1 Å².